The predicted molar refractivity (Wildman–Crippen MR) is 180 cm³/mol. The quantitative estimate of drug-likeness (QED) is 0.0852. The first kappa shape index (κ1) is 35.7. The Morgan fingerprint density at radius 3 is 2.43 bits per heavy atom. The average Bonchev–Trinajstić information content (AvgIpc) is 3.00. The van der Waals surface area contributed by atoms with Gasteiger partial charge < -0.3 is 25.0 Å². The van der Waals surface area contributed by atoms with Gasteiger partial charge in [-0.05, 0) is 48.9 Å². The lowest BCUT2D eigenvalue weighted by Crippen LogP contribution is -2.33. The number of nitrogens with zero attached hydrogens (tertiary/aromatic N) is 1. The van der Waals surface area contributed by atoms with Gasteiger partial charge in [0, 0.05) is 54.5 Å². The van der Waals surface area contributed by atoms with Crippen molar-refractivity contribution in [2.45, 2.75) is 64.2 Å². The molecule has 3 amide bonds. The number of hydrogen-bond acceptors (Lipinski definition) is 7. The van der Waals surface area contributed by atoms with Crippen LogP contribution < -0.4 is 15.5 Å². The van der Waals surface area contributed by atoms with Crippen molar-refractivity contribution in [2.24, 2.45) is 5.92 Å². The van der Waals surface area contributed by atoms with Gasteiger partial charge in [-0.3, -0.25) is 18.9 Å². The number of amides is 3. The van der Waals surface area contributed by atoms with E-state index in [-0.39, 0.29) is 48.3 Å². The maximum Gasteiger partial charge on any atom is 0.316 e. The lowest BCUT2D eigenvalue weighted by molar-refractivity contribution is -0.125. The van der Waals surface area contributed by atoms with Gasteiger partial charge in [-0.15, -0.1) is 0 Å². The van der Waals surface area contributed by atoms with Gasteiger partial charge in [0.2, 0.25) is 17.7 Å². The number of carbonyl (C=O) groups excluding carboxylic acids is 3. The lowest BCUT2D eigenvalue weighted by atomic mass is 10.0. The zero-order chi connectivity index (χ0) is 31.7. The predicted octanol–water partition coefficient (Wildman–Crippen LogP) is 5.31. The Labute approximate surface area is 269 Å². The van der Waals surface area contributed by atoms with Crippen molar-refractivity contribution in [1.82, 2.24) is 10.6 Å². The van der Waals surface area contributed by atoms with Gasteiger partial charge in [-0.25, -0.2) is 0 Å². The number of rotatable bonds is 18. The van der Waals surface area contributed by atoms with Crippen LogP contribution in [0.2, 0.25) is 0 Å². The van der Waals surface area contributed by atoms with Gasteiger partial charge in [-0.2, -0.15) is 0 Å². The first-order valence-corrected chi connectivity index (χ1v) is 18.5. The number of anilines is 1. The molecular weight excluding hydrogens is 617 g/mol. The molecule has 44 heavy (non-hydrogen) atoms. The summed E-state index contributed by atoms with van der Waals surface area (Å²) in [5.74, 6) is 7.04. The molecule has 3 rings (SSSR count). The number of fused-ring (bicyclic) bond motifs is 2. The van der Waals surface area contributed by atoms with E-state index < -0.39 is 8.25 Å². The summed E-state index contributed by atoms with van der Waals surface area (Å²) in [5.41, 5.74) is 3.43. The van der Waals surface area contributed by atoms with Crippen LogP contribution in [0.1, 0.15) is 69.1 Å². The molecule has 9 nitrogen and oxygen atoms in total. The van der Waals surface area contributed by atoms with E-state index in [1.807, 2.05) is 55.5 Å². The van der Waals surface area contributed by atoms with Crippen LogP contribution in [0.15, 0.2) is 48.5 Å². The van der Waals surface area contributed by atoms with Gasteiger partial charge in [0.05, 0.1) is 18.8 Å². The summed E-state index contributed by atoms with van der Waals surface area (Å²) in [4.78, 5) is 48.3. The molecule has 0 aromatic heterocycles. The van der Waals surface area contributed by atoms with Crippen LogP contribution in [0.4, 0.5) is 5.69 Å². The van der Waals surface area contributed by atoms with E-state index in [4.69, 9.17) is 9.42 Å². The molecule has 1 aliphatic rings. The molecule has 2 aromatic carbocycles. The molecule has 0 saturated carbocycles. The maximum absolute atomic E-state index is 13.3. The Kier molecular flexibility index (Phi) is 15.9. The van der Waals surface area contributed by atoms with Crippen molar-refractivity contribution >= 4 is 53.3 Å². The summed E-state index contributed by atoms with van der Waals surface area (Å²) in [6.07, 6.45) is 3.02. The molecule has 3 N–H and O–H groups in total. The summed E-state index contributed by atoms with van der Waals surface area (Å²) in [6.45, 7) is 5.76. The van der Waals surface area contributed by atoms with E-state index in [9.17, 15) is 18.9 Å². The Balaban J connectivity index is 1.28. The standard InChI is InChI=1S/C32H42N3O6PS2/c1-24(23-41-42(39)40)8-7-19-33-30(36)16-13-25(2)44-43-21-20-34-31(37)17-18-32(38)35-22-28-11-4-3-9-26(28)14-15-27-10-5-6-12-29(27)35/h3-6,9-12,24-25,42H,7-8,13,16-23H2,1-2H3,(H,33,36)(H,34,37)(H,39,40). The van der Waals surface area contributed by atoms with Crippen molar-refractivity contribution in [1.29, 1.82) is 0 Å². The van der Waals surface area contributed by atoms with E-state index in [0.717, 1.165) is 47.4 Å². The minimum Gasteiger partial charge on any atom is -0.356 e. The zero-order valence-corrected chi connectivity index (χ0v) is 27.9. The van der Waals surface area contributed by atoms with Crippen molar-refractivity contribution in [3.8, 4) is 11.8 Å². The molecule has 0 aliphatic carbocycles. The molecular formula is C32H42N3O6PS2. The lowest BCUT2D eigenvalue weighted by Gasteiger charge is -2.26. The SMILES string of the molecule is CC(CCCNC(=O)CCC(C)SSCCNC(=O)CCC(=O)N1Cc2ccccc2C#Cc2ccccc21)CO[PH](=O)O. The second kappa shape index (κ2) is 19.6. The fourth-order valence-electron chi connectivity index (χ4n) is 4.49. The largest absolute Gasteiger partial charge is 0.356 e. The third kappa shape index (κ3) is 13.1. The first-order valence-electron chi connectivity index (χ1n) is 14.9. The number of carbonyl (C=O) groups is 3. The topological polar surface area (TPSA) is 125 Å². The number of benzene rings is 2. The van der Waals surface area contributed by atoms with Gasteiger partial charge in [-0.1, -0.05) is 77.6 Å². The number of nitrogens with one attached hydrogen (secondary N) is 2. The fourth-order valence-corrected chi connectivity index (χ4v) is 7.17. The van der Waals surface area contributed by atoms with Gasteiger partial charge in [0.15, 0.2) is 0 Å². The molecule has 0 saturated heterocycles. The van der Waals surface area contributed by atoms with E-state index in [1.165, 1.54) is 0 Å². The highest BCUT2D eigenvalue weighted by Crippen LogP contribution is 2.29. The first-order chi connectivity index (χ1) is 21.2. The molecule has 0 bridgehead atoms. The van der Waals surface area contributed by atoms with Crippen LogP contribution in [0.25, 0.3) is 0 Å². The zero-order valence-electron chi connectivity index (χ0n) is 25.3. The van der Waals surface area contributed by atoms with Crippen LogP contribution >= 0.6 is 29.8 Å². The minimum atomic E-state index is -2.88. The normalized spacial score (nSPS) is 14.0. The van der Waals surface area contributed by atoms with Crippen LogP contribution in [0.5, 0.6) is 0 Å². The molecule has 12 heteroatoms. The molecule has 0 fully saturated rings. The Bertz CT molecular complexity index is 1350. The van der Waals surface area contributed by atoms with E-state index in [2.05, 4.69) is 29.4 Å². The van der Waals surface area contributed by atoms with Gasteiger partial charge in [0.1, 0.15) is 0 Å². The second-order valence-corrected chi connectivity index (χ2v) is 14.4. The van der Waals surface area contributed by atoms with Gasteiger partial charge >= 0.3 is 8.25 Å². The smallest absolute Gasteiger partial charge is 0.316 e. The maximum atomic E-state index is 13.3. The fraction of sp³-hybridized carbons (Fsp3) is 0.469. The Hall–Kier alpha value is -2.74. The van der Waals surface area contributed by atoms with Crippen LogP contribution in [-0.4, -0.2) is 53.3 Å². The van der Waals surface area contributed by atoms with E-state index >= 15 is 0 Å². The van der Waals surface area contributed by atoms with Crippen LogP contribution in [-0.2, 0) is 30.0 Å². The summed E-state index contributed by atoms with van der Waals surface area (Å²) in [7, 11) is 0.466. The van der Waals surface area contributed by atoms with Crippen molar-refractivity contribution in [3.05, 3.63) is 65.2 Å². The van der Waals surface area contributed by atoms with Crippen molar-refractivity contribution < 1.29 is 28.4 Å². The van der Waals surface area contributed by atoms with Crippen LogP contribution in [0.3, 0.4) is 0 Å². The van der Waals surface area contributed by atoms with E-state index in [1.54, 1.807) is 26.5 Å². The second-order valence-electron chi connectivity index (χ2n) is 10.7. The Morgan fingerprint density at radius 1 is 0.955 bits per heavy atom. The average molecular weight is 660 g/mol. The molecule has 3 unspecified atom stereocenters. The number of hydrogen-bond donors (Lipinski definition) is 3. The molecule has 238 valence electrons. The highest BCUT2D eigenvalue weighted by molar-refractivity contribution is 8.76. The van der Waals surface area contributed by atoms with Crippen LogP contribution in [0, 0.1) is 17.8 Å². The summed E-state index contributed by atoms with van der Waals surface area (Å²) >= 11 is 0. The van der Waals surface area contributed by atoms with Gasteiger partial charge in [0.25, 0.3) is 0 Å². The molecule has 0 radical (unpaired) electrons. The number of para-hydroxylation sites is 1. The third-order valence-corrected chi connectivity index (χ3v) is 10.3. The molecule has 1 heterocycles. The summed E-state index contributed by atoms with van der Waals surface area (Å²) in [6, 6.07) is 15.4. The van der Waals surface area contributed by atoms with E-state index in [0.29, 0.717) is 26.1 Å². The highest BCUT2D eigenvalue weighted by Gasteiger charge is 2.21. The Morgan fingerprint density at radius 2 is 1.64 bits per heavy atom. The third-order valence-electron chi connectivity index (χ3n) is 6.94. The van der Waals surface area contributed by atoms with Crippen molar-refractivity contribution in [2.75, 3.05) is 30.3 Å². The molecule has 0 spiro atoms. The van der Waals surface area contributed by atoms with Crippen molar-refractivity contribution in [3.63, 3.8) is 0 Å². The minimum absolute atomic E-state index is 0.0185. The molecule has 3 atom stereocenters. The molecule has 1 aliphatic heterocycles. The highest BCUT2D eigenvalue weighted by atomic mass is 33.1. The summed E-state index contributed by atoms with van der Waals surface area (Å²) < 4.78 is 15.4. The molecule has 2 aromatic rings. The summed E-state index contributed by atoms with van der Waals surface area (Å²) in [5, 5.41) is 6.12. The monoisotopic (exact) mass is 659 g/mol.